The summed E-state index contributed by atoms with van der Waals surface area (Å²) in [6, 6.07) is 4.64. The second-order valence-corrected chi connectivity index (χ2v) is 6.68. The van der Waals surface area contributed by atoms with Gasteiger partial charge >= 0.3 is 12.1 Å². The molecule has 0 aliphatic heterocycles. The Kier molecular flexibility index (Phi) is 8.61. The van der Waals surface area contributed by atoms with Gasteiger partial charge in [0, 0.05) is 12.1 Å². The molecule has 0 aliphatic carbocycles. The number of benzene rings is 1. The molecule has 0 saturated carbocycles. The van der Waals surface area contributed by atoms with Gasteiger partial charge in [-0.05, 0) is 45.4 Å². The Morgan fingerprint density at radius 1 is 1.19 bits per heavy atom. The summed E-state index contributed by atoms with van der Waals surface area (Å²) in [4.78, 5) is 34.5. The predicted molar refractivity (Wildman–Crippen MR) is 96.7 cm³/mol. The molecule has 1 N–H and O–H groups in total. The number of ether oxygens (including phenoxy) is 3. The molecule has 26 heavy (non-hydrogen) atoms. The van der Waals surface area contributed by atoms with Gasteiger partial charge in [0.25, 0.3) is 0 Å². The Balaban J connectivity index is 2.58. The number of aldehydes is 1. The fourth-order valence-corrected chi connectivity index (χ4v) is 1.88. The van der Waals surface area contributed by atoms with E-state index in [9.17, 15) is 14.4 Å². The summed E-state index contributed by atoms with van der Waals surface area (Å²) >= 11 is 0. The Labute approximate surface area is 154 Å². The van der Waals surface area contributed by atoms with Crippen molar-refractivity contribution in [2.45, 2.75) is 52.6 Å². The van der Waals surface area contributed by atoms with Crippen LogP contribution in [0.2, 0.25) is 0 Å². The summed E-state index contributed by atoms with van der Waals surface area (Å²) in [5.74, 6) is 0.0370. The SMILES string of the molecule is CCCCOc1ccc(C=O)cc1OC(=O)CCNC(=O)OC(C)(C)C. The fraction of sp³-hybridized carbons (Fsp3) is 0.526. The van der Waals surface area contributed by atoms with E-state index in [1.54, 1.807) is 32.9 Å². The lowest BCUT2D eigenvalue weighted by atomic mass is 10.2. The van der Waals surface area contributed by atoms with E-state index in [1.165, 1.54) is 6.07 Å². The van der Waals surface area contributed by atoms with Crippen molar-refractivity contribution in [2.75, 3.05) is 13.2 Å². The first-order chi connectivity index (χ1) is 12.2. The van der Waals surface area contributed by atoms with E-state index in [4.69, 9.17) is 14.2 Å². The molecule has 0 saturated heterocycles. The van der Waals surface area contributed by atoms with E-state index in [0.29, 0.717) is 24.2 Å². The van der Waals surface area contributed by atoms with Crippen LogP contribution in [-0.2, 0) is 9.53 Å². The second-order valence-electron chi connectivity index (χ2n) is 6.68. The number of hydrogen-bond donors (Lipinski definition) is 1. The monoisotopic (exact) mass is 365 g/mol. The van der Waals surface area contributed by atoms with Gasteiger partial charge in [0.1, 0.15) is 11.9 Å². The van der Waals surface area contributed by atoms with Gasteiger partial charge in [0.2, 0.25) is 0 Å². The van der Waals surface area contributed by atoms with Crippen LogP contribution in [0.15, 0.2) is 18.2 Å². The maximum Gasteiger partial charge on any atom is 0.407 e. The first-order valence-electron chi connectivity index (χ1n) is 8.64. The average molecular weight is 365 g/mol. The van der Waals surface area contributed by atoms with E-state index in [2.05, 4.69) is 5.32 Å². The fourth-order valence-electron chi connectivity index (χ4n) is 1.88. The van der Waals surface area contributed by atoms with Crippen molar-refractivity contribution < 1.29 is 28.6 Å². The lowest BCUT2D eigenvalue weighted by molar-refractivity contribution is -0.134. The average Bonchev–Trinajstić information content (AvgIpc) is 2.54. The number of esters is 1. The third kappa shape index (κ3) is 8.50. The topological polar surface area (TPSA) is 90.9 Å². The number of carbonyl (C=O) groups excluding carboxylic acids is 3. The smallest absolute Gasteiger partial charge is 0.407 e. The zero-order chi connectivity index (χ0) is 19.6. The molecule has 0 aromatic heterocycles. The highest BCUT2D eigenvalue weighted by Crippen LogP contribution is 2.28. The Morgan fingerprint density at radius 2 is 1.92 bits per heavy atom. The van der Waals surface area contributed by atoms with Crippen LogP contribution < -0.4 is 14.8 Å². The largest absolute Gasteiger partial charge is 0.490 e. The highest BCUT2D eigenvalue weighted by molar-refractivity contribution is 5.79. The number of carbonyl (C=O) groups is 3. The van der Waals surface area contributed by atoms with Crippen molar-refractivity contribution >= 4 is 18.3 Å². The van der Waals surface area contributed by atoms with Crippen molar-refractivity contribution in [2.24, 2.45) is 0 Å². The quantitative estimate of drug-likeness (QED) is 0.312. The molecule has 0 fully saturated rings. The number of alkyl carbamates (subject to hydrolysis) is 1. The molecule has 0 aliphatic rings. The van der Waals surface area contributed by atoms with Gasteiger partial charge in [-0.1, -0.05) is 13.3 Å². The molecular weight excluding hydrogens is 338 g/mol. The lowest BCUT2D eigenvalue weighted by Gasteiger charge is -2.19. The van der Waals surface area contributed by atoms with Gasteiger partial charge in [-0.15, -0.1) is 0 Å². The summed E-state index contributed by atoms with van der Waals surface area (Å²) in [6.45, 7) is 7.86. The minimum Gasteiger partial charge on any atom is -0.490 e. The van der Waals surface area contributed by atoms with E-state index in [0.717, 1.165) is 12.8 Å². The zero-order valence-corrected chi connectivity index (χ0v) is 15.8. The summed E-state index contributed by atoms with van der Waals surface area (Å²) in [6.07, 6.45) is 1.85. The van der Waals surface area contributed by atoms with Gasteiger partial charge in [-0.3, -0.25) is 9.59 Å². The second kappa shape index (κ2) is 10.4. The number of rotatable bonds is 9. The van der Waals surface area contributed by atoms with E-state index >= 15 is 0 Å². The molecule has 0 spiro atoms. The lowest BCUT2D eigenvalue weighted by Crippen LogP contribution is -2.34. The number of nitrogens with one attached hydrogen (secondary N) is 1. The van der Waals surface area contributed by atoms with Gasteiger partial charge in [-0.25, -0.2) is 4.79 Å². The van der Waals surface area contributed by atoms with Gasteiger partial charge < -0.3 is 19.5 Å². The maximum atomic E-state index is 12.0. The van der Waals surface area contributed by atoms with Crippen LogP contribution >= 0.6 is 0 Å². The molecule has 1 aromatic rings. The predicted octanol–water partition coefficient (Wildman–Crippen LogP) is 3.50. The van der Waals surface area contributed by atoms with Gasteiger partial charge in [0.15, 0.2) is 11.5 Å². The number of amides is 1. The highest BCUT2D eigenvalue weighted by Gasteiger charge is 2.17. The molecule has 1 amide bonds. The Bertz CT molecular complexity index is 621. The molecule has 7 heteroatoms. The minimum atomic E-state index is -0.607. The van der Waals surface area contributed by atoms with E-state index < -0.39 is 17.7 Å². The van der Waals surface area contributed by atoms with Crippen LogP contribution in [0.5, 0.6) is 11.5 Å². The van der Waals surface area contributed by atoms with Crippen molar-refractivity contribution in [3.05, 3.63) is 23.8 Å². The normalized spacial score (nSPS) is 10.8. The van der Waals surface area contributed by atoms with E-state index in [1.807, 2.05) is 6.92 Å². The highest BCUT2D eigenvalue weighted by atomic mass is 16.6. The minimum absolute atomic E-state index is 0.0427. The third-order valence-corrected chi connectivity index (χ3v) is 3.08. The van der Waals surface area contributed by atoms with Crippen molar-refractivity contribution in [3.8, 4) is 11.5 Å². The number of hydrogen-bond acceptors (Lipinski definition) is 6. The molecule has 144 valence electrons. The molecule has 1 rings (SSSR count). The van der Waals surface area contributed by atoms with E-state index in [-0.39, 0.29) is 18.7 Å². The Morgan fingerprint density at radius 3 is 2.54 bits per heavy atom. The molecule has 1 aromatic carbocycles. The van der Waals surface area contributed by atoms with Gasteiger partial charge in [-0.2, -0.15) is 0 Å². The molecule has 0 atom stereocenters. The first-order valence-corrected chi connectivity index (χ1v) is 8.64. The summed E-state index contributed by atoms with van der Waals surface area (Å²) in [5, 5.41) is 2.49. The van der Waals surface area contributed by atoms with Crippen LogP contribution in [0.3, 0.4) is 0 Å². The summed E-state index contributed by atoms with van der Waals surface area (Å²) in [7, 11) is 0. The molecule has 0 heterocycles. The van der Waals surface area contributed by atoms with Crippen LogP contribution in [0.1, 0.15) is 57.3 Å². The molecular formula is C19H27NO6. The van der Waals surface area contributed by atoms with Crippen LogP contribution in [0, 0.1) is 0 Å². The molecule has 0 bridgehead atoms. The van der Waals surface area contributed by atoms with Crippen molar-refractivity contribution in [1.29, 1.82) is 0 Å². The molecule has 0 radical (unpaired) electrons. The van der Waals surface area contributed by atoms with Crippen LogP contribution in [0.25, 0.3) is 0 Å². The Hall–Kier alpha value is -2.57. The van der Waals surface area contributed by atoms with Crippen molar-refractivity contribution in [3.63, 3.8) is 0 Å². The van der Waals surface area contributed by atoms with Gasteiger partial charge in [0.05, 0.1) is 13.0 Å². The molecule has 0 unspecified atom stereocenters. The summed E-state index contributed by atoms with van der Waals surface area (Å²) in [5.41, 5.74) is -0.229. The molecule has 7 nitrogen and oxygen atoms in total. The number of unbranched alkanes of at least 4 members (excludes halogenated alkanes) is 1. The first kappa shape index (κ1) is 21.5. The third-order valence-electron chi connectivity index (χ3n) is 3.08. The van der Waals surface area contributed by atoms with Crippen LogP contribution in [0.4, 0.5) is 4.79 Å². The van der Waals surface area contributed by atoms with Crippen molar-refractivity contribution in [1.82, 2.24) is 5.32 Å². The standard InChI is InChI=1S/C19H27NO6/c1-5-6-11-24-15-8-7-14(13-21)12-16(15)25-17(22)9-10-20-18(23)26-19(2,3)4/h7-8,12-13H,5-6,9-11H2,1-4H3,(H,20,23). The maximum absolute atomic E-state index is 12.0. The summed E-state index contributed by atoms with van der Waals surface area (Å²) < 4.78 is 16.0. The van der Waals surface area contributed by atoms with Crippen LogP contribution in [-0.4, -0.2) is 37.1 Å². The zero-order valence-electron chi connectivity index (χ0n) is 15.8.